The predicted molar refractivity (Wildman–Crippen MR) is 103 cm³/mol. The second-order valence-corrected chi connectivity index (χ2v) is 7.31. The van der Waals surface area contributed by atoms with Crippen molar-refractivity contribution in [1.82, 2.24) is 15.5 Å². The second kappa shape index (κ2) is 8.37. The van der Waals surface area contributed by atoms with E-state index in [1.54, 1.807) is 0 Å². The van der Waals surface area contributed by atoms with Gasteiger partial charge in [-0.05, 0) is 43.9 Å². The van der Waals surface area contributed by atoms with Crippen LogP contribution in [0.4, 0.5) is 5.69 Å². The zero-order valence-corrected chi connectivity index (χ0v) is 16.7. The minimum Gasteiger partial charge on any atom is -0.381 e. The smallest absolute Gasteiger partial charge is 0.247 e. The number of ether oxygens (including phenoxy) is 1. The summed E-state index contributed by atoms with van der Waals surface area (Å²) in [7, 11) is 0. The number of hydrogen-bond donors (Lipinski definition) is 2. The van der Waals surface area contributed by atoms with Gasteiger partial charge in [0.05, 0.1) is 17.3 Å². The molecule has 0 saturated carbocycles. The van der Waals surface area contributed by atoms with Crippen molar-refractivity contribution in [3.8, 4) is 0 Å². The third-order valence-corrected chi connectivity index (χ3v) is 5.12. The molecule has 1 aromatic carbocycles. The van der Waals surface area contributed by atoms with Gasteiger partial charge in [-0.3, -0.25) is 10.1 Å². The van der Waals surface area contributed by atoms with E-state index in [2.05, 4.69) is 20.8 Å². The van der Waals surface area contributed by atoms with Crippen molar-refractivity contribution in [3.05, 3.63) is 40.0 Å². The van der Waals surface area contributed by atoms with Crippen molar-refractivity contribution in [2.24, 2.45) is 0 Å². The van der Waals surface area contributed by atoms with Gasteiger partial charge in [0.2, 0.25) is 11.8 Å². The molecule has 27 heavy (non-hydrogen) atoms. The van der Waals surface area contributed by atoms with Crippen LogP contribution < -0.4 is 10.6 Å². The lowest BCUT2D eigenvalue weighted by atomic mass is 9.89. The van der Waals surface area contributed by atoms with Crippen LogP contribution in [0.15, 0.2) is 16.7 Å². The predicted octanol–water partition coefficient (Wildman–Crippen LogP) is 3.14. The average Bonchev–Trinajstić information content (AvgIpc) is 3.14. The Kier molecular flexibility index (Phi) is 6.14. The van der Waals surface area contributed by atoms with E-state index >= 15 is 0 Å². The number of carbonyl (C=O) groups excluding carboxylic acids is 1. The number of benzene rings is 1. The summed E-state index contributed by atoms with van der Waals surface area (Å²) in [4.78, 5) is 17.0. The maximum Gasteiger partial charge on any atom is 0.247 e. The number of anilines is 1. The molecule has 1 fully saturated rings. The Bertz CT molecular complexity index is 792. The minimum absolute atomic E-state index is 0.105. The maximum absolute atomic E-state index is 12.5. The minimum atomic E-state index is -0.553. The zero-order valence-electron chi connectivity index (χ0n) is 15.9. The molecule has 7 nitrogen and oxygen atoms in total. The van der Waals surface area contributed by atoms with Crippen LogP contribution in [-0.2, 0) is 21.5 Å². The van der Waals surface area contributed by atoms with Crippen LogP contribution in [0.25, 0.3) is 0 Å². The number of carbonyl (C=O) groups is 1. The second-order valence-electron chi connectivity index (χ2n) is 6.90. The van der Waals surface area contributed by atoms with Crippen molar-refractivity contribution >= 4 is 23.2 Å². The highest BCUT2D eigenvalue weighted by molar-refractivity contribution is 6.34. The van der Waals surface area contributed by atoms with Crippen LogP contribution in [0.3, 0.4) is 0 Å². The van der Waals surface area contributed by atoms with Gasteiger partial charge in [-0.1, -0.05) is 29.7 Å². The largest absolute Gasteiger partial charge is 0.381 e. The lowest BCUT2D eigenvalue weighted by Crippen LogP contribution is -2.49. The van der Waals surface area contributed by atoms with E-state index in [0.717, 1.165) is 11.1 Å². The Hall–Kier alpha value is -1.96. The number of amides is 1. The number of halogens is 1. The topological polar surface area (TPSA) is 89.3 Å². The molecule has 2 N–H and O–H groups in total. The monoisotopic (exact) mass is 392 g/mol. The van der Waals surface area contributed by atoms with Gasteiger partial charge < -0.3 is 14.6 Å². The first kappa shape index (κ1) is 19.8. The number of rotatable bonds is 6. The molecule has 1 aliphatic rings. The summed E-state index contributed by atoms with van der Waals surface area (Å²) in [5.74, 6) is 0.995. The Morgan fingerprint density at radius 1 is 1.30 bits per heavy atom. The molecule has 2 aromatic rings. The summed E-state index contributed by atoms with van der Waals surface area (Å²) in [6.07, 6.45) is 2.02. The molecule has 1 aromatic heterocycles. The summed E-state index contributed by atoms with van der Waals surface area (Å²) in [6, 6.07) is 3.82. The summed E-state index contributed by atoms with van der Waals surface area (Å²) < 4.78 is 10.9. The number of nitrogens with one attached hydrogen (secondary N) is 2. The molecular formula is C19H25ClN4O3. The van der Waals surface area contributed by atoms with Gasteiger partial charge in [0, 0.05) is 19.6 Å². The summed E-state index contributed by atoms with van der Waals surface area (Å²) in [5, 5.41) is 10.8. The molecular weight excluding hydrogens is 368 g/mol. The van der Waals surface area contributed by atoms with Crippen molar-refractivity contribution in [1.29, 1.82) is 0 Å². The van der Waals surface area contributed by atoms with Crippen molar-refractivity contribution < 1.29 is 14.1 Å². The molecule has 0 aliphatic carbocycles. The summed E-state index contributed by atoms with van der Waals surface area (Å²) in [5.41, 5.74) is 2.07. The molecule has 0 radical (unpaired) electrons. The maximum atomic E-state index is 12.5. The number of nitrogens with zero attached hydrogens (tertiary/aromatic N) is 2. The Balaban J connectivity index is 1.71. The van der Waals surface area contributed by atoms with Gasteiger partial charge in [0.1, 0.15) is 5.54 Å². The van der Waals surface area contributed by atoms with Crippen molar-refractivity contribution in [2.45, 2.75) is 45.6 Å². The quantitative estimate of drug-likeness (QED) is 0.785. The van der Waals surface area contributed by atoms with Gasteiger partial charge in [-0.25, -0.2) is 0 Å². The number of aromatic nitrogens is 2. The molecule has 0 spiro atoms. The highest BCUT2D eigenvalue weighted by Crippen LogP contribution is 2.31. The van der Waals surface area contributed by atoms with E-state index in [0.29, 0.717) is 54.9 Å². The molecule has 146 valence electrons. The first-order valence-corrected chi connectivity index (χ1v) is 9.54. The van der Waals surface area contributed by atoms with E-state index in [4.69, 9.17) is 20.9 Å². The highest BCUT2D eigenvalue weighted by atomic mass is 35.5. The molecule has 1 aliphatic heterocycles. The third-order valence-electron chi connectivity index (χ3n) is 4.82. The van der Waals surface area contributed by atoms with E-state index in [9.17, 15) is 4.79 Å². The van der Waals surface area contributed by atoms with Gasteiger partial charge in [0.15, 0.2) is 5.82 Å². The molecule has 8 heteroatoms. The molecule has 2 heterocycles. The van der Waals surface area contributed by atoms with Crippen LogP contribution in [-0.4, -0.2) is 35.8 Å². The van der Waals surface area contributed by atoms with E-state index in [1.165, 1.54) is 0 Å². The number of aryl methyl sites for hydroxylation is 3. The van der Waals surface area contributed by atoms with E-state index < -0.39 is 5.54 Å². The van der Waals surface area contributed by atoms with Crippen molar-refractivity contribution in [2.75, 3.05) is 25.1 Å². The molecule has 0 unspecified atom stereocenters. The van der Waals surface area contributed by atoms with E-state index in [-0.39, 0.29) is 12.5 Å². The lowest BCUT2D eigenvalue weighted by molar-refractivity contribution is -0.116. The van der Waals surface area contributed by atoms with Gasteiger partial charge in [-0.2, -0.15) is 4.98 Å². The van der Waals surface area contributed by atoms with Crippen LogP contribution in [0.1, 0.15) is 42.6 Å². The van der Waals surface area contributed by atoms with Crippen LogP contribution >= 0.6 is 11.6 Å². The Morgan fingerprint density at radius 2 is 2.04 bits per heavy atom. The molecule has 0 atom stereocenters. The fraction of sp³-hybridized carbons (Fsp3) is 0.526. The van der Waals surface area contributed by atoms with Crippen LogP contribution in [0.5, 0.6) is 0 Å². The Morgan fingerprint density at radius 3 is 2.67 bits per heavy atom. The molecule has 0 bridgehead atoms. The van der Waals surface area contributed by atoms with Gasteiger partial charge >= 0.3 is 0 Å². The van der Waals surface area contributed by atoms with Crippen LogP contribution in [0.2, 0.25) is 5.02 Å². The first-order valence-electron chi connectivity index (χ1n) is 9.16. The lowest BCUT2D eigenvalue weighted by Gasteiger charge is -2.34. The normalized spacial score (nSPS) is 16.3. The van der Waals surface area contributed by atoms with Crippen molar-refractivity contribution in [3.63, 3.8) is 0 Å². The highest BCUT2D eigenvalue weighted by Gasteiger charge is 2.39. The van der Waals surface area contributed by atoms with Gasteiger partial charge in [-0.15, -0.1) is 0 Å². The average molecular weight is 393 g/mol. The molecule has 1 saturated heterocycles. The fourth-order valence-electron chi connectivity index (χ4n) is 3.29. The summed E-state index contributed by atoms with van der Waals surface area (Å²) >= 11 is 6.28. The van der Waals surface area contributed by atoms with E-state index in [1.807, 2.05) is 32.9 Å². The number of hydrogen-bond acceptors (Lipinski definition) is 6. The Labute approximate surface area is 163 Å². The standard InChI is InChI=1S/C19H25ClN4O3/c1-4-15-22-18(27-24-15)19(5-7-26-8-6-19)21-11-16(25)23-17-13(3)9-12(2)10-14(17)20/h9-10,21H,4-8,11H2,1-3H3,(H,23,25). The molecule has 1 amide bonds. The van der Waals surface area contributed by atoms with Crippen LogP contribution in [0, 0.1) is 13.8 Å². The summed E-state index contributed by atoms with van der Waals surface area (Å²) in [6.45, 7) is 7.11. The van der Waals surface area contributed by atoms with Gasteiger partial charge in [0.25, 0.3) is 0 Å². The molecule has 3 rings (SSSR count). The SMILES string of the molecule is CCc1noc(C2(NCC(=O)Nc3c(C)cc(C)cc3Cl)CCOCC2)n1. The third kappa shape index (κ3) is 4.48. The first-order chi connectivity index (χ1) is 12.9. The zero-order chi connectivity index (χ0) is 19.4. The fourth-order valence-corrected chi connectivity index (χ4v) is 3.65.